The molecule has 0 heterocycles. The van der Waals surface area contributed by atoms with Crippen molar-refractivity contribution >= 4 is 46.4 Å². The molecule has 0 spiro atoms. The minimum absolute atomic E-state index is 0.661. The van der Waals surface area contributed by atoms with Crippen molar-refractivity contribution in [3.63, 3.8) is 0 Å². The number of benzene rings is 3. The van der Waals surface area contributed by atoms with Crippen molar-refractivity contribution in [3.05, 3.63) is 107 Å². The van der Waals surface area contributed by atoms with Crippen molar-refractivity contribution < 1.29 is 0 Å². The summed E-state index contributed by atoms with van der Waals surface area (Å²) in [6.45, 7) is 0. The van der Waals surface area contributed by atoms with Crippen LogP contribution in [0.25, 0.3) is 0 Å². The van der Waals surface area contributed by atoms with Gasteiger partial charge in [-0.25, -0.2) is 0 Å². The fraction of sp³-hybridized carbons (Fsp3) is 0.100. The topological polar surface area (TPSA) is 0 Å². The van der Waals surface area contributed by atoms with Gasteiger partial charge < -0.3 is 0 Å². The maximum atomic E-state index is 6.73. The Bertz CT molecular complexity index is 741. The highest BCUT2D eigenvalue weighted by molar-refractivity contribution is 6.52. The van der Waals surface area contributed by atoms with E-state index in [2.05, 4.69) is 0 Å². The molecule has 0 bridgehead atoms. The van der Waals surface area contributed by atoms with E-state index in [1.165, 1.54) is 0 Å². The Morgan fingerprint density at radius 3 is 1.04 bits per heavy atom. The van der Waals surface area contributed by atoms with Gasteiger partial charge in [0, 0.05) is 0 Å². The van der Waals surface area contributed by atoms with Gasteiger partial charge in [-0.3, -0.25) is 0 Å². The van der Waals surface area contributed by atoms with E-state index in [1.807, 2.05) is 84.9 Å². The summed E-state index contributed by atoms with van der Waals surface area (Å²) in [5.41, 5.74) is 2.85. The molecule has 0 fully saturated rings. The third-order valence-electron chi connectivity index (χ3n) is 3.88. The molecule has 0 N–H and O–H groups in total. The molecule has 0 atom stereocenters. The molecule has 0 aliphatic heterocycles. The Hall–Kier alpha value is -1.18. The van der Waals surface area contributed by atoms with E-state index in [0.29, 0.717) is 11.1 Å². The van der Waals surface area contributed by atoms with Gasteiger partial charge in [-0.2, -0.15) is 0 Å². The first-order valence-electron chi connectivity index (χ1n) is 7.40. The first-order valence-corrected chi connectivity index (χ1v) is 8.92. The molecule has 0 radical (unpaired) electrons. The summed E-state index contributed by atoms with van der Waals surface area (Å²) >= 11 is 26.9. The Morgan fingerprint density at radius 1 is 0.417 bits per heavy atom. The Morgan fingerprint density at radius 2 is 0.708 bits per heavy atom. The van der Waals surface area contributed by atoms with E-state index < -0.39 is 8.67 Å². The maximum absolute atomic E-state index is 6.73. The standard InChI is InChI=1S/C20H14Cl4/c21-19(22,15-9-3-1-4-10-15)17-13-7-8-14-18(17)20(23,24)16-11-5-2-6-12-16/h1-14H. The lowest BCUT2D eigenvalue weighted by atomic mass is 9.93. The van der Waals surface area contributed by atoms with Gasteiger partial charge in [-0.1, -0.05) is 131 Å². The third kappa shape index (κ3) is 3.30. The summed E-state index contributed by atoms with van der Waals surface area (Å²) < 4.78 is -2.52. The molecule has 24 heavy (non-hydrogen) atoms. The SMILES string of the molecule is ClC(Cl)(c1ccccc1)c1ccccc1C(Cl)(Cl)c1ccccc1. The second-order valence-corrected chi connectivity index (χ2v) is 8.08. The van der Waals surface area contributed by atoms with Crippen LogP contribution in [0.1, 0.15) is 22.3 Å². The lowest BCUT2D eigenvalue weighted by molar-refractivity contribution is 0.943. The van der Waals surface area contributed by atoms with Gasteiger partial charge >= 0.3 is 0 Å². The molecule has 0 unspecified atom stereocenters. The summed E-state index contributed by atoms with van der Waals surface area (Å²) in [6.07, 6.45) is 0. The van der Waals surface area contributed by atoms with Crippen LogP contribution in [0.3, 0.4) is 0 Å². The lowest BCUT2D eigenvalue weighted by Crippen LogP contribution is -2.21. The van der Waals surface area contributed by atoms with Crippen LogP contribution < -0.4 is 0 Å². The molecule has 0 aromatic heterocycles. The third-order valence-corrected chi connectivity index (χ3v) is 5.56. The highest BCUT2D eigenvalue weighted by Crippen LogP contribution is 2.49. The largest absolute Gasteiger partial charge is 0.168 e. The van der Waals surface area contributed by atoms with Crippen LogP contribution >= 0.6 is 46.4 Å². The van der Waals surface area contributed by atoms with Crippen molar-refractivity contribution in [2.45, 2.75) is 8.67 Å². The van der Waals surface area contributed by atoms with Crippen molar-refractivity contribution in [1.29, 1.82) is 0 Å². The van der Waals surface area contributed by atoms with E-state index in [1.54, 1.807) is 0 Å². The highest BCUT2D eigenvalue weighted by atomic mass is 35.5. The van der Waals surface area contributed by atoms with Crippen LogP contribution in [-0.4, -0.2) is 0 Å². The fourth-order valence-corrected chi connectivity index (χ4v) is 3.80. The first-order chi connectivity index (χ1) is 11.4. The zero-order chi connectivity index (χ0) is 17.2. The second kappa shape index (κ2) is 6.98. The van der Waals surface area contributed by atoms with Crippen LogP contribution in [-0.2, 0) is 8.67 Å². The molecule has 4 heteroatoms. The smallest absolute Gasteiger partial charge is 0.0909 e. The molecule has 3 aromatic carbocycles. The van der Waals surface area contributed by atoms with E-state index in [4.69, 9.17) is 46.4 Å². The molecular formula is C20H14Cl4. The van der Waals surface area contributed by atoms with Crippen LogP contribution in [0, 0.1) is 0 Å². The highest BCUT2D eigenvalue weighted by Gasteiger charge is 2.38. The minimum atomic E-state index is -1.26. The molecule has 0 nitrogen and oxygen atoms in total. The molecular weight excluding hydrogens is 382 g/mol. The average molecular weight is 396 g/mol. The summed E-state index contributed by atoms with van der Waals surface area (Å²) in [5, 5.41) is 0. The summed E-state index contributed by atoms with van der Waals surface area (Å²) in [4.78, 5) is 0. The van der Waals surface area contributed by atoms with Crippen LogP contribution in [0.15, 0.2) is 84.9 Å². The lowest BCUT2D eigenvalue weighted by Gasteiger charge is -2.29. The monoisotopic (exact) mass is 394 g/mol. The zero-order valence-corrected chi connectivity index (χ0v) is 15.6. The normalized spacial score (nSPS) is 12.2. The maximum Gasteiger partial charge on any atom is 0.168 e. The Kier molecular flexibility index (Phi) is 5.13. The van der Waals surface area contributed by atoms with Crippen LogP contribution in [0.4, 0.5) is 0 Å². The second-order valence-electron chi connectivity index (χ2n) is 5.43. The van der Waals surface area contributed by atoms with E-state index in [0.717, 1.165) is 11.1 Å². The molecule has 0 amide bonds. The van der Waals surface area contributed by atoms with Gasteiger partial charge in [0.05, 0.1) is 0 Å². The van der Waals surface area contributed by atoms with Crippen molar-refractivity contribution in [2.24, 2.45) is 0 Å². The van der Waals surface area contributed by atoms with Crippen LogP contribution in [0.5, 0.6) is 0 Å². The number of hydrogen-bond donors (Lipinski definition) is 0. The average Bonchev–Trinajstić information content (AvgIpc) is 2.63. The number of rotatable bonds is 4. The van der Waals surface area contributed by atoms with E-state index in [9.17, 15) is 0 Å². The molecule has 122 valence electrons. The number of alkyl halides is 4. The van der Waals surface area contributed by atoms with Gasteiger partial charge in [-0.05, 0) is 22.3 Å². The Labute approximate surface area is 161 Å². The van der Waals surface area contributed by atoms with Gasteiger partial charge in [0.1, 0.15) is 0 Å². The van der Waals surface area contributed by atoms with Gasteiger partial charge in [0.25, 0.3) is 0 Å². The van der Waals surface area contributed by atoms with Gasteiger partial charge in [0.15, 0.2) is 8.67 Å². The predicted molar refractivity (Wildman–Crippen MR) is 104 cm³/mol. The molecule has 0 aliphatic carbocycles. The molecule has 3 aromatic rings. The quantitative estimate of drug-likeness (QED) is 0.415. The van der Waals surface area contributed by atoms with Crippen molar-refractivity contribution in [1.82, 2.24) is 0 Å². The minimum Gasteiger partial charge on any atom is -0.0909 e. The predicted octanol–water partition coefficient (Wildman–Crippen LogP) is 7.04. The van der Waals surface area contributed by atoms with Crippen molar-refractivity contribution in [3.8, 4) is 0 Å². The first kappa shape index (κ1) is 17.6. The van der Waals surface area contributed by atoms with Crippen molar-refractivity contribution in [2.75, 3.05) is 0 Å². The number of hydrogen-bond acceptors (Lipinski definition) is 0. The molecule has 3 rings (SSSR count). The molecule has 0 aliphatic rings. The summed E-state index contributed by atoms with van der Waals surface area (Å²) in [7, 11) is 0. The molecule has 0 saturated carbocycles. The molecule has 0 saturated heterocycles. The van der Waals surface area contributed by atoms with Gasteiger partial charge in [-0.15, -0.1) is 0 Å². The van der Waals surface area contributed by atoms with E-state index >= 15 is 0 Å². The van der Waals surface area contributed by atoms with Crippen LogP contribution in [0.2, 0.25) is 0 Å². The fourth-order valence-electron chi connectivity index (χ4n) is 2.64. The number of halogens is 4. The van der Waals surface area contributed by atoms with Gasteiger partial charge in [0.2, 0.25) is 0 Å². The summed E-state index contributed by atoms with van der Waals surface area (Å²) in [6, 6.07) is 26.4. The summed E-state index contributed by atoms with van der Waals surface area (Å²) in [5.74, 6) is 0. The zero-order valence-electron chi connectivity index (χ0n) is 12.6. The Balaban J connectivity index is 2.16. The van der Waals surface area contributed by atoms with E-state index in [-0.39, 0.29) is 0 Å².